The van der Waals surface area contributed by atoms with E-state index in [1.54, 1.807) is 0 Å². The summed E-state index contributed by atoms with van der Waals surface area (Å²) in [6, 6.07) is 0. The molecule has 3 heterocycles. The summed E-state index contributed by atoms with van der Waals surface area (Å²) in [4.78, 5) is 17.4. The van der Waals surface area contributed by atoms with Crippen LogP contribution in [0.3, 0.4) is 0 Å². The summed E-state index contributed by atoms with van der Waals surface area (Å²) < 4.78 is 11.4. The van der Waals surface area contributed by atoms with Crippen molar-refractivity contribution in [2.45, 2.75) is 24.6 Å². The zero-order valence-electron chi connectivity index (χ0n) is 11.0. The van der Waals surface area contributed by atoms with Gasteiger partial charge in [-0.15, -0.1) is 4.73 Å². The first-order valence-electron chi connectivity index (χ1n) is 6.17. The Balaban J connectivity index is 1.86. The summed E-state index contributed by atoms with van der Waals surface area (Å²) in [5.41, 5.74) is 0.700. The number of hydrogen-bond acceptors (Lipinski definition) is 9. The standard InChI is InChI=1S/C11H14N4O6/c1-19-10-6-9(12-3-13-10)15(4-14-6)21-11-8(18)7(17)5(2-16)20-11/h3-5,7-8,11,16-18H,2H2,1H3/t5-,7-,8+,11-/m1/s1. The van der Waals surface area contributed by atoms with Crippen LogP contribution in [0.4, 0.5) is 0 Å². The number of nitrogens with zero attached hydrogens (tertiary/aromatic N) is 4. The molecule has 1 saturated heterocycles. The predicted octanol–water partition coefficient (Wildman–Crippen LogP) is -2.30. The molecule has 2 aromatic heterocycles. The largest absolute Gasteiger partial charge is 0.479 e. The van der Waals surface area contributed by atoms with Gasteiger partial charge in [-0.2, -0.15) is 4.98 Å². The van der Waals surface area contributed by atoms with Crippen LogP contribution in [0.5, 0.6) is 5.88 Å². The van der Waals surface area contributed by atoms with E-state index in [0.717, 1.165) is 0 Å². The summed E-state index contributed by atoms with van der Waals surface area (Å²) in [5.74, 6) is 0.281. The summed E-state index contributed by atoms with van der Waals surface area (Å²) in [6.07, 6.45) is -2.02. The topological polar surface area (TPSA) is 132 Å². The Hall–Kier alpha value is -2.01. The number of aliphatic hydroxyl groups excluding tert-OH is 3. The lowest BCUT2D eigenvalue weighted by atomic mass is 10.1. The third kappa shape index (κ3) is 2.27. The molecule has 0 radical (unpaired) electrons. The van der Waals surface area contributed by atoms with E-state index in [1.165, 1.54) is 24.5 Å². The van der Waals surface area contributed by atoms with Gasteiger partial charge in [-0.05, 0) is 0 Å². The third-order valence-electron chi connectivity index (χ3n) is 3.18. The van der Waals surface area contributed by atoms with Crippen LogP contribution < -0.4 is 9.57 Å². The molecule has 3 N–H and O–H groups in total. The molecule has 0 spiro atoms. The molecule has 1 fully saturated rings. The van der Waals surface area contributed by atoms with Crippen molar-refractivity contribution in [1.29, 1.82) is 0 Å². The minimum Gasteiger partial charge on any atom is -0.479 e. The SMILES string of the molecule is COc1ncnc2c1ncn2O[C@H]1O[C@H](CO)[C@@H](O)[C@@H]1O. The molecule has 1 aliphatic rings. The highest BCUT2D eigenvalue weighted by molar-refractivity contribution is 5.75. The number of imidazole rings is 1. The molecule has 1 aliphatic heterocycles. The van der Waals surface area contributed by atoms with Gasteiger partial charge in [0.1, 0.15) is 31.0 Å². The van der Waals surface area contributed by atoms with Crippen LogP contribution in [-0.4, -0.2) is 73.3 Å². The molecule has 114 valence electrons. The van der Waals surface area contributed by atoms with Crippen molar-refractivity contribution in [1.82, 2.24) is 19.7 Å². The third-order valence-corrected chi connectivity index (χ3v) is 3.18. The Morgan fingerprint density at radius 1 is 1.29 bits per heavy atom. The molecule has 10 heteroatoms. The zero-order chi connectivity index (χ0) is 15.0. The molecule has 0 amide bonds. The van der Waals surface area contributed by atoms with Crippen molar-refractivity contribution < 1.29 is 29.6 Å². The molecule has 0 aliphatic carbocycles. The van der Waals surface area contributed by atoms with E-state index in [4.69, 9.17) is 19.4 Å². The lowest BCUT2D eigenvalue weighted by Crippen LogP contribution is -2.38. The number of rotatable bonds is 4. The Morgan fingerprint density at radius 3 is 2.76 bits per heavy atom. The molecule has 0 aromatic carbocycles. The first kappa shape index (κ1) is 13.9. The van der Waals surface area contributed by atoms with Crippen LogP contribution in [0, 0.1) is 0 Å². The molecule has 21 heavy (non-hydrogen) atoms. The smallest absolute Gasteiger partial charge is 0.254 e. The Labute approximate surface area is 118 Å². The number of aliphatic hydroxyl groups is 3. The van der Waals surface area contributed by atoms with E-state index in [2.05, 4.69) is 15.0 Å². The summed E-state index contributed by atoms with van der Waals surface area (Å²) in [5, 5.41) is 28.5. The van der Waals surface area contributed by atoms with Crippen LogP contribution in [0.25, 0.3) is 11.2 Å². The van der Waals surface area contributed by atoms with Crippen LogP contribution in [0.1, 0.15) is 0 Å². The highest BCUT2D eigenvalue weighted by Crippen LogP contribution is 2.22. The zero-order valence-corrected chi connectivity index (χ0v) is 11.0. The minimum absolute atomic E-state index is 0.281. The van der Waals surface area contributed by atoms with Crippen molar-refractivity contribution >= 4 is 11.2 Å². The van der Waals surface area contributed by atoms with Crippen molar-refractivity contribution in [3.05, 3.63) is 12.7 Å². The monoisotopic (exact) mass is 298 g/mol. The Bertz CT molecular complexity index is 634. The molecule has 3 rings (SSSR count). The van der Waals surface area contributed by atoms with Gasteiger partial charge < -0.3 is 29.6 Å². The maximum atomic E-state index is 9.83. The lowest BCUT2D eigenvalue weighted by Gasteiger charge is -2.16. The van der Waals surface area contributed by atoms with Crippen LogP contribution in [0.15, 0.2) is 12.7 Å². The van der Waals surface area contributed by atoms with Crippen molar-refractivity contribution in [2.24, 2.45) is 0 Å². The van der Waals surface area contributed by atoms with E-state index < -0.39 is 31.2 Å². The molecule has 2 aromatic rings. The van der Waals surface area contributed by atoms with E-state index in [0.29, 0.717) is 11.2 Å². The molecule has 0 saturated carbocycles. The number of aromatic nitrogens is 4. The van der Waals surface area contributed by atoms with Crippen LogP contribution >= 0.6 is 0 Å². The average Bonchev–Trinajstić information content (AvgIpc) is 3.03. The quantitative estimate of drug-likeness (QED) is 0.570. The van der Waals surface area contributed by atoms with Crippen LogP contribution in [0.2, 0.25) is 0 Å². The predicted molar refractivity (Wildman–Crippen MR) is 66.2 cm³/mol. The average molecular weight is 298 g/mol. The first-order valence-corrected chi connectivity index (χ1v) is 6.17. The van der Waals surface area contributed by atoms with E-state index >= 15 is 0 Å². The van der Waals surface area contributed by atoms with Crippen molar-refractivity contribution in [3.8, 4) is 5.88 Å². The molecular weight excluding hydrogens is 284 g/mol. The van der Waals surface area contributed by atoms with Crippen molar-refractivity contribution in [2.75, 3.05) is 13.7 Å². The van der Waals surface area contributed by atoms with Gasteiger partial charge in [0.15, 0.2) is 5.52 Å². The fourth-order valence-corrected chi connectivity index (χ4v) is 2.08. The van der Waals surface area contributed by atoms with Gasteiger partial charge in [-0.3, -0.25) is 0 Å². The van der Waals surface area contributed by atoms with Gasteiger partial charge in [0.05, 0.1) is 13.7 Å². The Morgan fingerprint density at radius 2 is 2.10 bits per heavy atom. The van der Waals surface area contributed by atoms with E-state index in [9.17, 15) is 10.2 Å². The van der Waals surface area contributed by atoms with Gasteiger partial charge in [0.25, 0.3) is 6.29 Å². The number of ether oxygens (including phenoxy) is 2. The first-order chi connectivity index (χ1) is 10.2. The summed E-state index contributed by atoms with van der Waals surface area (Å²) in [7, 11) is 1.45. The highest BCUT2D eigenvalue weighted by atomic mass is 16.8. The fraction of sp³-hybridized carbons (Fsp3) is 0.545. The molecule has 0 unspecified atom stereocenters. The number of methoxy groups -OCH3 is 1. The molecular formula is C11H14N4O6. The highest BCUT2D eigenvalue weighted by Gasteiger charge is 2.44. The second-order valence-corrected chi connectivity index (χ2v) is 4.44. The second-order valence-electron chi connectivity index (χ2n) is 4.44. The van der Waals surface area contributed by atoms with Gasteiger partial charge in [-0.1, -0.05) is 0 Å². The fourth-order valence-electron chi connectivity index (χ4n) is 2.08. The molecule has 10 nitrogen and oxygen atoms in total. The van der Waals surface area contributed by atoms with E-state index in [1.807, 2.05) is 0 Å². The number of hydrogen-bond donors (Lipinski definition) is 3. The minimum atomic E-state index is -1.30. The normalized spacial score (nSPS) is 29.0. The van der Waals surface area contributed by atoms with Gasteiger partial charge in [0, 0.05) is 0 Å². The van der Waals surface area contributed by atoms with E-state index in [-0.39, 0.29) is 5.88 Å². The maximum absolute atomic E-state index is 9.83. The van der Waals surface area contributed by atoms with Gasteiger partial charge >= 0.3 is 0 Å². The second kappa shape index (κ2) is 5.41. The van der Waals surface area contributed by atoms with Crippen LogP contribution in [-0.2, 0) is 4.74 Å². The molecule has 0 bridgehead atoms. The van der Waals surface area contributed by atoms with Crippen molar-refractivity contribution in [3.63, 3.8) is 0 Å². The summed E-state index contributed by atoms with van der Waals surface area (Å²) >= 11 is 0. The number of fused-ring (bicyclic) bond motifs is 1. The lowest BCUT2D eigenvalue weighted by molar-refractivity contribution is -0.169. The van der Waals surface area contributed by atoms with Gasteiger partial charge in [0.2, 0.25) is 11.5 Å². The molecule has 4 atom stereocenters. The Kier molecular flexibility index (Phi) is 3.59. The maximum Gasteiger partial charge on any atom is 0.254 e. The summed E-state index contributed by atoms with van der Waals surface area (Å²) in [6.45, 7) is -0.432. The van der Waals surface area contributed by atoms with Gasteiger partial charge in [-0.25, -0.2) is 9.97 Å².